The Balaban J connectivity index is 2.04. The Labute approximate surface area is 91.6 Å². The van der Waals surface area contributed by atoms with Gasteiger partial charge in [-0.05, 0) is 24.3 Å². The van der Waals surface area contributed by atoms with Crippen LogP contribution in [0, 0.1) is 5.92 Å². The first kappa shape index (κ1) is 9.97. The molecule has 0 spiro atoms. The van der Waals surface area contributed by atoms with E-state index in [2.05, 4.69) is 55.1 Å². The van der Waals surface area contributed by atoms with E-state index in [1.165, 1.54) is 11.1 Å². The van der Waals surface area contributed by atoms with Crippen molar-refractivity contribution in [1.82, 2.24) is 0 Å². The molecule has 1 aliphatic carbocycles. The lowest BCUT2D eigenvalue weighted by Gasteiger charge is -2.15. The molecule has 0 nitrogen and oxygen atoms in total. The van der Waals surface area contributed by atoms with Gasteiger partial charge in [0.05, 0.1) is 0 Å². The molecule has 0 amide bonds. The second kappa shape index (κ2) is 4.79. The molecule has 0 saturated heterocycles. The quantitative estimate of drug-likeness (QED) is 0.643. The second-order valence-corrected chi connectivity index (χ2v) is 3.98. The summed E-state index contributed by atoms with van der Waals surface area (Å²) in [7, 11) is 0. The van der Waals surface area contributed by atoms with Crippen molar-refractivity contribution in [3.63, 3.8) is 0 Å². The van der Waals surface area contributed by atoms with E-state index in [4.69, 9.17) is 0 Å². The van der Waals surface area contributed by atoms with Gasteiger partial charge < -0.3 is 0 Å². The van der Waals surface area contributed by atoms with Gasteiger partial charge in [-0.2, -0.15) is 0 Å². The average Bonchev–Trinajstić information content (AvgIpc) is 2.31. The number of allylic oxidation sites excluding steroid dienone is 5. The molecule has 76 valence electrons. The van der Waals surface area contributed by atoms with E-state index in [1.54, 1.807) is 0 Å². The summed E-state index contributed by atoms with van der Waals surface area (Å²) in [6.07, 6.45) is 10.8. The molecule has 1 aromatic carbocycles. The highest BCUT2D eigenvalue weighted by molar-refractivity contribution is 5.28. The Morgan fingerprint density at radius 1 is 1.27 bits per heavy atom. The fourth-order valence-corrected chi connectivity index (χ4v) is 1.92. The topological polar surface area (TPSA) is 0 Å². The molecule has 0 fully saturated rings. The largest absolute Gasteiger partial charge is 0.102 e. The number of hydrogen-bond donors (Lipinski definition) is 0. The Kier molecular flexibility index (Phi) is 3.18. The van der Waals surface area contributed by atoms with Crippen molar-refractivity contribution >= 4 is 0 Å². The van der Waals surface area contributed by atoms with Gasteiger partial charge in [-0.15, -0.1) is 6.58 Å². The molecule has 15 heavy (non-hydrogen) atoms. The van der Waals surface area contributed by atoms with E-state index in [0.717, 1.165) is 12.8 Å². The second-order valence-electron chi connectivity index (χ2n) is 3.98. The fourth-order valence-electron chi connectivity index (χ4n) is 1.92. The molecule has 0 heterocycles. The van der Waals surface area contributed by atoms with Crippen LogP contribution in [0.4, 0.5) is 0 Å². The van der Waals surface area contributed by atoms with Gasteiger partial charge in [-0.25, -0.2) is 0 Å². The van der Waals surface area contributed by atoms with Crippen molar-refractivity contribution < 1.29 is 0 Å². The van der Waals surface area contributed by atoms with Crippen LogP contribution in [-0.2, 0) is 6.42 Å². The standard InChI is InChI=1S/C15H16/c1-2-13-9-6-10-15(11-13)12-14-7-4-3-5-8-14/h2-10,13H,1,11-12H2/t13-/m1/s1. The Bertz CT molecular complexity index is 382. The van der Waals surface area contributed by atoms with Crippen molar-refractivity contribution in [2.24, 2.45) is 5.92 Å². The molecule has 0 heteroatoms. The van der Waals surface area contributed by atoms with Crippen molar-refractivity contribution in [2.45, 2.75) is 12.8 Å². The molecular formula is C15H16. The molecule has 0 N–H and O–H groups in total. The predicted octanol–water partition coefficient (Wildman–Crippen LogP) is 3.92. The first-order chi connectivity index (χ1) is 7.38. The molecule has 2 rings (SSSR count). The first-order valence-electron chi connectivity index (χ1n) is 5.41. The summed E-state index contributed by atoms with van der Waals surface area (Å²) in [6.45, 7) is 3.85. The molecule has 1 aromatic rings. The first-order valence-corrected chi connectivity index (χ1v) is 5.41. The third kappa shape index (κ3) is 2.69. The van der Waals surface area contributed by atoms with Gasteiger partial charge >= 0.3 is 0 Å². The molecule has 0 bridgehead atoms. The Morgan fingerprint density at radius 2 is 2.07 bits per heavy atom. The zero-order chi connectivity index (χ0) is 10.5. The van der Waals surface area contributed by atoms with Gasteiger partial charge in [0.15, 0.2) is 0 Å². The summed E-state index contributed by atoms with van der Waals surface area (Å²) in [6, 6.07) is 10.6. The minimum atomic E-state index is 0.522. The van der Waals surface area contributed by atoms with Crippen LogP contribution >= 0.6 is 0 Å². The highest BCUT2D eigenvalue weighted by atomic mass is 14.1. The number of hydrogen-bond acceptors (Lipinski definition) is 0. The van der Waals surface area contributed by atoms with E-state index >= 15 is 0 Å². The molecule has 1 aliphatic rings. The maximum atomic E-state index is 3.85. The van der Waals surface area contributed by atoms with Crippen molar-refractivity contribution in [3.8, 4) is 0 Å². The molecule has 0 aliphatic heterocycles. The van der Waals surface area contributed by atoms with Crippen molar-refractivity contribution in [1.29, 1.82) is 0 Å². The SMILES string of the molecule is C=C[C@@H]1C=CC=C(Cc2ccccc2)C1. The number of rotatable bonds is 3. The van der Waals surface area contributed by atoms with Crippen LogP contribution in [0.25, 0.3) is 0 Å². The summed E-state index contributed by atoms with van der Waals surface area (Å²) in [4.78, 5) is 0. The van der Waals surface area contributed by atoms with Crippen LogP contribution < -0.4 is 0 Å². The number of benzene rings is 1. The Hall–Kier alpha value is -1.56. The van der Waals surface area contributed by atoms with E-state index in [1.807, 2.05) is 6.08 Å². The van der Waals surface area contributed by atoms with Crippen LogP contribution in [0.5, 0.6) is 0 Å². The highest BCUT2D eigenvalue weighted by Gasteiger charge is 2.08. The van der Waals surface area contributed by atoms with Crippen LogP contribution in [0.2, 0.25) is 0 Å². The van der Waals surface area contributed by atoms with Crippen LogP contribution in [0.15, 0.2) is 66.8 Å². The maximum Gasteiger partial charge on any atom is -0.00156 e. The molecule has 0 unspecified atom stereocenters. The van der Waals surface area contributed by atoms with Crippen LogP contribution in [0.1, 0.15) is 12.0 Å². The van der Waals surface area contributed by atoms with Gasteiger partial charge in [0.1, 0.15) is 0 Å². The van der Waals surface area contributed by atoms with Crippen LogP contribution in [0.3, 0.4) is 0 Å². The van der Waals surface area contributed by atoms with E-state index in [-0.39, 0.29) is 0 Å². The molecule has 0 radical (unpaired) electrons. The summed E-state index contributed by atoms with van der Waals surface area (Å²) in [5.41, 5.74) is 2.88. The lowest BCUT2D eigenvalue weighted by Crippen LogP contribution is -2.01. The van der Waals surface area contributed by atoms with Gasteiger partial charge in [-0.3, -0.25) is 0 Å². The average molecular weight is 196 g/mol. The highest BCUT2D eigenvalue weighted by Crippen LogP contribution is 2.22. The molecular weight excluding hydrogens is 180 g/mol. The third-order valence-electron chi connectivity index (χ3n) is 2.76. The van der Waals surface area contributed by atoms with Gasteiger partial charge in [0.25, 0.3) is 0 Å². The predicted molar refractivity (Wildman–Crippen MR) is 65.7 cm³/mol. The summed E-state index contributed by atoms with van der Waals surface area (Å²) >= 11 is 0. The van der Waals surface area contributed by atoms with E-state index < -0.39 is 0 Å². The maximum absolute atomic E-state index is 3.85. The summed E-state index contributed by atoms with van der Waals surface area (Å²) in [5, 5.41) is 0. The minimum Gasteiger partial charge on any atom is -0.102 e. The fraction of sp³-hybridized carbons (Fsp3) is 0.200. The molecule has 1 atom stereocenters. The van der Waals surface area contributed by atoms with Crippen molar-refractivity contribution in [2.75, 3.05) is 0 Å². The monoisotopic (exact) mass is 196 g/mol. The van der Waals surface area contributed by atoms with Crippen molar-refractivity contribution in [3.05, 3.63) is 72.4 Å². The summed E-state index contributed by atoms with van der Waals surface area (Å²) in [5.74, 6) is 0.522. The lowest BCUT2D eigenvalue weighted by molar-refractivity contribution is 0.764. The summed E-state index contributed by atoms with van der Waals surface area (Å²) < 4.78 is 0. The van der Waals surface area contributed by atoms with E-state index in [9.17, 15) is 0 Å². The van der Waals surface area contributed by atoms with Gasteiger partial charge in [-0.1, -0.05) is 60.2 Å². The minimum absolute atomic E-state index is 0.522. The van der Waals surface area contributed by atoms with Crippen LogP contribution in [-0.4, -0.2) is 0 Å². The zero-order valence-electron chi connectivity index (χ0n) is 8.89. The van der Waals surface area contributed by atoms with Gasteiger partial charge in [0, 0.05) is 0 Å². The third-order valence-corrected chi connectivity index (χ3v) is 2.76. The van der Waals surface area contributed by atoms with Gasteiger partial charge in [0.2, 0.25) is 0 Å². The smallest absolute Gasteiger partial charge is 0.00156 e. The Morgan fingerprint density at radius 3 is 2.80 bits per heavy atom. The molecule has 0 aromatic heterocycles. The normalized spacial score (nSPS) is 19.7. The van der Waals surface area contributed by atoms with E-state index in [0.29, 0.717) is 5.92 Å². The molecule has 0 saturated carbocycles. The zero-order valence-corrected chi connectivity index (χ0v) is 8.89. The lowest BCUT2D eigenvalue weighted by atomic mass is 9.91.